The quantitative estimate of drug-likeness (QED) is 0.229. The van der Waals surface area contributed by atoms with Crippen molar-refractivity contribution < 1.29 is 46.6 Å². The number of likely N-dealkylation sites (tertiary alicyclic amines) is 1. The average Bonchev–Trinajstić information content (AvgIpc) is 3.49. The first-order valence-corrected chi connectivity index (χ1v) is 12.3. The van der Waals surface area contributed by atoms with Gasteiger partial charge in [-0.2, -0.15) is 13.2 Å². The first kappa shape index (κ1) is 28.5. The fourth-order valence-electron chi connectivity index (χ4n) is 4.49. The summed E-state index contributed by atoms with van der Waals surface area (Å²) in [5, 5.41) is 0.0227. The maximum Gasteiger partial charge on any atom is 0.491 e. The van der Waals surface area contributed by atoms with Gasteiger partial charge in [0.05, 0.1) is 19.8 Å². The molecule has 0 bridgehead atoms. The SMILES string of the molecule is COc1cc2c(C(=O)OC(=O)C(F)(F)F)cnc(C(=O)c3cccc(CCC(=O)N4CCCC4)c3)c2cc1OC. The number of aromatic nitrogens is 1. The number of ketones is 1. The molecular weight excluding hydrogens is 533 g/mol. The predicted molar refractivity (Wildman–Crippen MR) is 135 cm³/mol. The summed E-state index contributed by atoms with van der Waals surface area (Å²) in [5.41, 5.74) is 0.393. The third-order valence-corrected chi connectivity index (χ3v) is 6.52. The smallest absolute Gasteiger partial charge is 0.491 e. The van der Waals surface area contributed by atoms with E-state index in [1.54, 1.807) is 24.3 Å². The van der Waals surface area contributed by atoms with Crippen molar-refractivity contribution in [3.8, 4) is 11.5 Å². The largest absolute Gasteiger partial charge is 0.493 e. The zero-order valence-electron chi connectivity index (χ0n) is 21.7. The van der Waals surface area contributed by atoms with Crippen LogP contribution in [0.3, 0.4) is 0 Å². The number of fused-ring (bicyclic) bond motifs is 1. The summed E-state index contributed by atoms with van der Waals surface area (Å²) >= 11 is 0. The molecule has 1 amide bonds. The minimum Gasteiger partial charge on any atom is -0.493 e. The van der Waals surface area contributed by atoms with Crippen LogP contribution in [0.5, 0.6) is 11.5 Å². The van der Waals surface area contributed by atoms with E-state index in [2.05, 4.69) is 9.72 Å². The fraction of sp³-hybridized carbons (Fsp3) is 0.321. The molecule has 4 rings (SSSR count). The lowest BCUT2D eigenvalue weighted by atomic mass is 9.97. The van der Waals surface area contributed by atoms with Crippen LogP contribution in [0.15, 0.2) is 42.6 Å². The molecule has 3 aromatic rings. The number of amides is 1. The number of pyridine rings is 1. The van der Waals surface area contributed by atoms with Crippen molar-refractivity contribution in [2.45, 2.75) is 31.9 Å². The van der Waals surface area contributed by atoms with Crippen LogP contribution in [0.1, 0.15) is 51.2 Å². The molecule has 40 heavy (non-hydrogen) atoms. The van der Waals surface area contributed by atoms with Crippen molar-refractivity contribution in [3.63, 3.8) is 0 Å². The van der Waals surface area contributed by atoms with E-state index in [1.165, 1.54) is 26.4 Å². The standard InChI is InChI=1S/C28H25F3N2O7/c1-38-21-13-18-19(14-22(21)39-2)24(32-15-20(18)26(36)40-27(37)28(29,30)31)25(35)17-7-5-6-16(12-17)8-9-23(34)33-10-3-4-11-33/h5-7,12-15H,3-4,8-11H2,1-2H3. The molecule has 9 nitrogen and oxygen atoms in total. The van der Waals surface area contributed by atoms with Gasteiger partial charge in [-0.3, -0.25) is 14.6 Å². The molecule has 0 spiro atoms. The normalized spacial score (nSPS) is 13.3. The second kappa shape index (κ2) is 11.7. The predicted octanol–water partition coefficient (Wildman–Crippen LogP) is 4.28. The van der Waals surface area contributed by atoms with E-state index in [9.17, 15) is 32.3 Å². The van der Waals surface area contributed by atoms with Crippen molar-refractivity contribution in [2.75, 3.05) is 27.3 Å². The number of carbonyl (C=O) groups excluding carboxylic acids is 4. The number of rotatable bonds is 8. The zero-order chi connectivity index (χ0) is 29.0. The van der Waals surface area contributed by atoms with Gasteiger partial charge >= 0.3 is 18.1 Å². The van der Waals surface area contributed by atoms with Crippen LogP contribution < -0.4 is 9.47 Å². The van der Waals surface area contributed by atoms with Crippen molar-refractivity contribution in [1.82, 2.24) is 9.88 Å². The molecule has 0 radical (unpaired) electrons. The molecule has 0 aliphatic carbocycles. The minimum atomic E-state index is -5.39. The molecule has 2 aromatic carbocycles. The number of aryl methyl sites for hydroxylation is 1. The summed E-state index contributed by atoms with van der Waals surface area (Å²) in [6, 6.07) is 9.30. The second-order valence-corrected chi connectivity index (χ2v) is 9.07. The van der Waals surface area contributed by atoms with Crippen LogP contribution in [0.25, 0.3) is 10.8 Å². The highest BCUT2D eigenvalue weighted by Gasteiger charge is 2.43. The van der Waals surface area contributed by atoms with Crippen LogP contribution in [0.2, 0.25) is 0 Å². The number of methoxy groups -OCH3 is 2. The van der Waals surface area contributed by atoms with Crippen LogP contribution in [-0.4, -0.2) is 67.0 Å². The van der Waals surface area contributed by atoms with Crippen LogP contribution in [0.4, 0.5) is 13.2 Å². The van der Waals surface area contributed by atoms with Gasteiger partial charge in [-0.05, 0) is 43.0 Å². The molecule has 0 atom stereocenters. The van der Waals surface area contributed by atoms with Gasteiger partial charge in [0.25, 0.3) is 0 Å². The Morgan fingerprint density at radius 3 is 2.23 bits per heavy atom. The van der Waals surface area contributed by atoms with Gasteiger partial charge in [0.1, 0.15) is 5.69 Å². The Hall–Kier alpha value is -4.48. The van der Waals surface area contributed by atoms with Crippen molar-refractivity contribution >= 4 is 34.4 Å². The monoisotopic (exact) mass is 558 g/mol. The van der Waals surface area contributed by atoms with Gasteiger partial charge in [0, 0.05) is 42.0 Å². The first-order valence-electron chi connectivity index (χ1n) is 12.3. The van der Waals surface area contributed by atoms with Crippen molar-refractivity contribution in [2.24, 2.45) is 0 Å². The number of hydrogen-bond acceptors (Lipinski definition) is 8. The molecule has 1 saturated heterocycles. The molecule has 1 aliphatic heterocycles. The molecule has 0 unspecified atom stereocenters. The maximum atomic E-state index is 13.6. The van der Waals surface area contributed by atoms with Crippen LogP contribution >= 0.6 is 0 Å². The molecule has 1 aromatic heterocycles. The number of ether oxygens (including phenoxy) is 3. The summed E-state index contributed by atoms with van der Waals surface area (Å²) in [5.74, 6) is -4.51. The number of alkyl halides is 3. The topological polar surface area (TPSA) is 112 Å². The number of halogens is 3. The fourth-order valence-corrected chi connectivity index (χ4v) is 4.49. The Bertz CT molecular complexity index is 1480. The highest BCUT2D eigenvalue weighted by Crippen LogP contribution is 2.36. The Kier molecular flexibility index (Phi) is 8.36. The molecular formula is C28H25F3N2O7. The van der Waals surface area contributed by atoms with E-state index in [0.717, 1.165) is 37.7 Å². The van der Waals surface area contributed by atoms with Crippen molar-refractivity contribution in [1.29, 1.82) is 0 Å². The van der Waals surface area contributed by atoms with Gasteiger partial charge in [0.2, 0.25) is 11.7 Å². The third kappa shape index (κ3) is 6.05. The molecule has 0 saturated carbocycles. The second-order valence-electron chi connectivity index (χ2n) is 9.07. The highest BCUT2D eigenvalue weighted by atomic mass is 19.4. The van der Waals surface area contributed by atoms with E-state index < -0.39 is 29.5 Å². The lowest BCUT2D eigenvalue weighted by molar-refractivity contribution is -0.193. The number of esters is 2. The van der Waals surface area contributed by atoms with Gasteiger partial charge < -0.3 is 19.1 Å². The van der Waals surface area contributed by atoms with Gasteiger partial charge in [-0.15, -0.1) is 0 Å². The number of nitrogens with zero attached hydrogens (tertiary/aromatic N) is 2. The van der Waals surface area contributed by atoms with E-state index in [0.29, 0.717) is 12.8 Å². The molecule has 1 aliphatic rings. The average molecular weight is 559 g/mol. The Morgan fingerprint density at radius 1 is 0.950 bits per heavy atom. The Labute approximate surface area is 226 Å². The van der Waals surface area contributed by atoms with Gasteiger partial charge in [0.15, 0.2) is 11.5 Å². The summed E-state index contributed by atoms with van der Waals surface area (Å²) < 4.78 is 52.6. The lowest BCUT2D eigenvalue weighted by Crippen LogP contribution is -2.28. The van der Waals surface area contributed by atoms with E-state index in [-0.39, 0.29) is 39.4 Å². The minimum absolute atomic E-state index is 0.0386. The molecule has 12 heteroatoms. The summed E-state index contributed by atoms with van der Waals surface area (Å²) in [6.07, 6.45) is -1.83. The maximum absolute atomic E-state index is 13.6. The van der Waals surface area contributed by atoms with E-state index in [1.807, 2.05) is 4.90 Å². The van der Waals surface area contributed by atoms with Crippen LogP contribution in [0, 0.1) is 0 Å². The molecule has 1 fully saturated rings. The van der Waals surface area contributed by atoms with E-state index >= 15 is 0 Å². The van der Waals surface area contributed by atoms with E-state index in [4.69, 9.17) is 9.47 Å². The first-order chi connectivity index (χ1) is 19.0. The highest BCUT2D eigenvalue weighted by molar-refractivity contribution is 6.18. The number of benzene rings is 2. The molecule has 2 heterocycles. The number of carbonyl (C=O) groups is 4. The zero-order valence-corrected chi connectivity index (χ0v) is 21.7. The molecule has 0 N–H and O–H groups in total. The van der Waals surface area contributed by atoms with Crippen LogP contribution in [-0.2, 0) is 20.7 Å². The summed E-state index contributed by atoms with van der Waals surface area (Å²) in [6.45, 7) is 1.50. The summed E-state index contributed by atoms with van der Waals surface area (Å²) in [4.78, 5) is 55.7. The Morgan fingerprint density at radius 2 is 1.60 bits per heavy atom. The van der Waals surface area contributed by atoms with Crippen molar-refractivity contribution in [3.05, 3.63) is 65.0 Å². The van der Waals surface area contributed by atoms with Gasteiger partial charge in [-0.25, -0.2) is 9.59 Å². The lowest BCUT2D eigenvalue weighted by Gasteiger charge is -2.15. The molecule has 210 valence electrons. The van der Waals surface area contributed by atoms with Gasteiger partial charge in [-0.1, -0.05) is 18.2 Å². The number of hydrogen-bond donors (Lipinski definition) is 0. The Balaban J connectivity index is 1.69. The summed E-state index contributed by atoms with van der Waals surface area (Å²) in [7, 11) is 2.65. The third-order valence-electron chi connectivity index (χ3n) is 6.52.